The summed E-state index contributed by atoms with van der Waals surface area (Å²) in [5.74, 6) is 0.697. The monoisotopic (exact) mass is 364 g/mol. The second kappa shape index (κ2) is 6.41. The molecule has 0 spiro atoms. The van der Waals surface area contributed by atoms with E-state index in [4.69, 9.17) is 0 Å². The van der Waals surface area contributed by atoms with E-state index in [9.17, 15) is 18.0 Å². The molecular weight excluding hydrogens is 345 g/mol. The minimum absolute atomic E-state index is 0.133. The van der Waals surface area contributed by atoms with Crippen LogP contribution in [0.1, 0.15) is 65.2 Å². The second-order valence-electron chi connectivity index (χ2n) is 6.96. The van der Waals surface area contributed by atoms with Gasteiger partial charge < -0.3 is 5.32 Å². The molecule has 1 N–H and O–H groups in total. The molecule has 0 saturated heterocycles. The SMILES string of the molecule is O=C1NC(Cc2nc(C3CCCC3)nn2CC(F)(F)F)c2ccccc21. The maximum absolute atomic E-state index is 13.0. The van der Waals surface area contributed by atoms with Crippen LogP contribution in [0, 0.1) is 0 Å². The van der Waals surface area contributed by atoms with Crippen LogP contribution in [-0.2, 0) is 13.0 Å². The second-order valence-corrected chi connectivity index (χ2v) is 6.96. The number of alkyl halides is 3. The van der Waals surface area contributed by atoms with E-state index < -0.39 is 12.7 Å². The van der Waals surface area contributed by atoms with E-state index in [1.54, 1.807) is 12.1 Å². The number of carbonyl (C=O) groups excluding carboxylic acids is 1. The van der Waals surface area contributed by atoms with Gasteiger partial charge in [-0.05, 0) is 24.5 Å². The van der Waals surface area contributed by atoms with Crippen molar-refractivity contribution in [3.05, 3.63) is 47.0 Å². The third-order valence-electron chi connectivity index (χ3n) is 5.09. The molecule has 4 rings (SSSR count). The smallest absolute Gasteiger partial charge is 0.345 e. The number of nitrogens with zero attached hydrogens (tertiary/aromatic N) is 3. The molecule has 1 aromatic heterocycles. The number of aromatic nitrogens is 3. The summed E-state index contributed by atoms with van der Waals surface area (Å²) in [6.07, 6.45) is -0.235. The molecule has 5 nitrogen and oxygen atoms in total. The molecule has 1 saturated carbocycles. The lowest BCUT2D eigenvalue weighted by Crippen LogP contribution is -2.25. The van der Waals surface area contributed by atoms with E-state index in [0.717, 1.165) is 35.9 Å². The van der Waals surface area contributed by atoms with Gasteiger partial charge in [0.25, 0.3) is 5.91 Å². The first kappa shape index (κ1) is 17.1. The molecule has 2 aliphatic rings. The van der Waals surface area contributed by atoms with Gasteiger partial charge in [-0.3, -0.25) is 4.79 Å². The van der Waals surface area contributed by atoms with Crippen LogP contribution in [0.2, 0.25) is 0 Å². The average Bonchev–Trinajstić information content (AvgIpc) is 3.28. The Bertz CT molecular complexity index is 824. The van der Waals surface area contributed by atoms with E-state index in [1.807, 2.05) is 12.1 Å². The van der Waals surface area contributed by atoms with Gasteiger partial charge in [-0.15, -0.1) is 0 Å². The first-order chi connectivity index (χ1) is 12.4. The van der Waals surface area contributed by atoms with Gasteiger partial charge in [-0.1, -0.05) is 31.0 Å². The van der Waals surface area contributed by atoms with Gasteiger partial charge in [0.2, 0.25) is 0 Å². The fraction of sp³-hybridized carbons (Fsp3) is 0.500. The van der Waals surface area contributed by atoms with Crippen molar-refractivity contribution in [3.63, 3.8) is 0 Å². The van der Waals surface area contributed by atoms with Crippen LogP contribution in [0.15, 0.2) is 24.3 Å². The zero-order valence-corrected chi connectivity index (χ0v) is 14.1. The van der Waals surface area contributed by atoms with E-state index in [0.29, 0.717) is 11.4 Å². The van der Waals surface area contributed by atoms with E-state index in [2.05, 4.69) is 15.4 Å². The van der Waals surface area contributed by atoms with Crippen LogP contribution < -0.4 is 5.32 Å². The number of amides is 1. The number of benzene rings is 1. The highest BCUT2D eigenvalue weighted by molar-refractivity contribution is 5.99. The van der Waals surface area contributed by atoms with Crippen LogP contribution in [0.5, 0.6) is 0 Å². The zero-order chi connectivity index (χ0) is 18.3. The molecule has 2 heterocycles. The van der Waals surface area contributed by atoms with Crippen molar-refractivity contribution in [1.29, 1.82) is 0 Å². The van der Waals surface area contributed by atoms with Gasteiger partial charge in [0, 0.05) is 17.9 Å². The van der Waals surface area contributed by atoms with Gasteiger partial charge in [-0.25, -0.2) is 9.67 Å². The molecule has 1 unspecified atom stereocenters. The lowest BCUT2D eigenvalue weighted by Gasteiger charge is -2.13. The quantitative estimate of drug-likeness (QED) is 0.903. The van der Waals surface area contributed by atoms with Crippen LogP contribution in [-0.4, -0.2) is 26.8 Å². The summed E-state index contributed by atoms with van der Waals surface area (Å²) >= 11 is 0. The van der Waals surface area contributed by atoms with Crippen molar-refractivity contribution in [3.8, 4) is 0 Å². The van der Waals surface area contributed by atoms with Gasteiger partial charge >= 0.3 is 6.18 Å². The Morgan fingerprint density at radius 1 is 1.19 bits per heavy atom. The largest absolute Gasteiger partial charge is 0.408 e. The molecule has 1 fully saturated rings. The highest BCUT2D eigenvalue weighted by Gasteiger charge is 2.34. The van der Waals surface area contributed by atoms with Crippen LogP contribution >= 0.6 is 0 Å². The third-order valence-corrected chi connectivity index (χ3v) is 5.09. The summed E-state index contributed by atoms with van der Waals surface area (Å²) in [4.78, 5) is 16.5. The standard InChI is InChI=1S/C18H19F3N4O/c19-18(20,21)10-25-15(23-16(24-25)11-5-1-2-6-11)9-14-12-7-3-4-8-13(12)17(26)22-14/h3-4,7-8,11,14H,1-2,5-6,9-10H2,(H,22,26). The van der Waals surface area contributed by atoms with Crippen molar-refractivity contribution in [2.75, 3.05) is 0 Å². The molecule has 2 aromatic rings. The Morgan fingerprint density at radius 2 is 1.92 bits per heavy atom. The Kier molecular flexibility index (Phi) is 4.20. The third kappa shape index (κ3) is 3.32. The maximum Gasteiger partial charge on any atom is 0.408 e. The van der Waals surface area contributed by atoms with Crippen LogP contribution in [0.3, 0.4) is 0 Å². The molecule has 1 aliphatic heterocycles. The van der Waals surface area contributed by atoms with Crippen LogP contribution in [0.4, 0.5) is 13.2 Å². The number of fused-ring (bicyclic) bond motifs is 1. The normalized spacial score (nSPS) is 20.4. The number of hydrogen-bond donors (Lipinski definition) is 1. The molecule has 26 heavy (non-hydrogen) atoms. The summed E-state index contributed by atoms with van der Waals surface area (Å²) in [7, 11) is 0. The Hall–Kier alpha value is -2.38. The lowest BCUT2D eigenvalue weighted by molar-refractivity contribution is -0.143. The minimum atomic E-state index is -4.37. The van der Waals surface area contributed by atoms with Crippen molar-refractivity contribution in [1.82, 2.24) is 20.1 Å². The van der Waals surface area contributed by atoms with E-state index >= 15 is 0 Å². The summed E-state index contributed by atoms with van der Waals surface area (Å²) in [6, 6.07) is 6.74. The predicted molar refractivity (Wildman–Crippen MR) is 87.6 cm³/mol. The fourth-order valence-electron chi connectivity index (χ4n) is 3.86. The highest BCUT2D eigenvalue weighted by atomic mass is 19.4. The van der Waals surface area contributed by atoms with E-state index in [1.165, 1.54) is 0 Å². The first-order valence-corrected chi connectivity index (χ1v) is 8.81. The van der Waals surface area contributed by atoms with Crippen molar-refractivity contribution >= 4 is 5.91 Å². The minimum Gasteiger partial charge on any atom is -0.345 e. The van der Waals surface area contributed by atoms with Crippen LogP contribution in [0.25, 0.3) is 0 Å². The highest BCUT2D eigenvalue weighted by Crippen LogP contribution is 2.34. The summed E-state index contributed by atoms with van der Waals surface area (Å²) < 4.78 is 39.9. The average molecular weight is 364 g/mol. The summed E-state index contributed by atoms with van der Waals surface area (Å²) in [5.41, 5.74) is 1.36. The number of halogens is 3. The zero-order valence-electron chi connectivity index (χ0n) is 14.1. The maximum atomic E-state index is 13.0. The first-order valence-electron chi connectivity index (χ1n) is 8.81. The molecular formula is C18H19F3N4O. The molecule has 1 atom stereocenters. The van der Waals surface area contributed by atoms with Crippen molar-refractivity contribution in [2.45, 2.75) is 56.8 Å². The van der Waals surface area contributed by atoms with Gasteiger partial charge in [-0.2, -0.15) is 18.3 Å². The molecule has 0 bridgehead atoms. The molecule has 1 aromatic carbocycles. The van der Waals surface area contributed by atoms with Gasteiger partial charge in [0.1, 0.15) is 12.4 Å². The Balaban J connectivity index is 1.63. The summed E-state index contributed by atoms with van der Waals surface area (Å²) in [5, 5.41) is 7.00. The summed E-state index contributed by atoms with van der Waals surface area (Å²) in [6.45, 7) is -1.16. The van der Waals surface area contributed by atoms with Crippen molar-refractivity contribution in [2.24, 2.45) is 0 Å². The molecule has 1 aliphatic carbocycles. The number of rotatable bonds is 4. The topological polar surface area (TPSA) is 59.8 Å². The molecule has 8 heteroatoms. The Labute approximate surface area is 148 Å². The lowest BCUT2D eigenvalue weighted by atomic mass is 10.0. The van der Waals surface area contributed by atoms with Crippen molar-refractivity contribution < 1.29 is 18.0 Å². The molecule has 0 radical (unpaired) electrons. The predicted octanol–water partition coefficient (Wildman–Crippen LogP) is 3.53. The van der Waals surface area contributed by atoms with Gasteiger partial charge in [0.15, 0.2) is 5.82 Å². The molecule has 1 amide bonds. The number of hydrogen-bond acceptors (Lipinski definition) is 3. The molecule has 138 valence electrons. The van der Waals surface area contributed by atoms with Gasteiger partial charge in [0.05, 0.1) is 6.04 Å². The fourth-order valence-corrected chi connectivity index (χ4v) is 3.86. The Morgan fingerprint density at radius 3 is 2.65 bits per heavy atom. The number of carbonyl (C=O) groups is 1. The van der Waals surface area contributed by atoms with E-state index in [-0.39, 0.29) is 30.1 Å². The number of nitrogens with one attached hydrogen (secondary N) is 1.